The van der Waals surface area contributed by atoms with Crippen LogP contribution in [0.25, 0.3) is 16.9 Å². The lowest BCUT2D eigenvalue weighted by Gasteiger charge is -2.02. The Morgan fingerprint density at radius 2 is 1.94 bits per heavy atom. The van der Waals surface area contributed by atoms with E-state index in [9.17, 15) is 5.11 Å². The van der Waals surface area contributed by atoms with Crippen LogP contribution in [0, 0.1) is 6.92 Å². The first-order valence-corrected chi connectivity index (χ1v) is 5.35. The molecule has 0 aliphatic heterocycles. The highest BCUT2D eigenvalue weighted by Crippen LogP contribution is 2.25. The van der Waals surface area contributed by atoms with Gasteiger partial charge >= 0.3 is 0 Å². The molecule has 0 aliphatic carbocycles. The molecule has 0 spiro atoms. The first-order chi connectivity index (χ1) is 8.27. The van der Waals surface area contributed by atoms with Crippen LogP contribution in [-0.2, 0) is 0 Å². The van der Waals surface area contributed by atoms with Gasteiger partial charge in [0, 0.05) is 18.0 Å². The van der Waals surface area contributed by atoms with E-state index in [0.29, 0.717) is 11.3 Å². The standard InChI is InChI=1S/C13H11N3O/c1-9-13(17)16-8-7-14-11(12(16)15-9)10-5-3-2-4-6-10/h2-8,17H,1H3. The van der Waals surface area contributed by atoms with Gasteiger partial charge < -0.3 is 5.11 Å². The van der Waals surface area contributed by atoms with Crippen molar-refractivity contribution >= 4 is 5.65 Å². The molecule has 4 heteroatoms. The zero-order chi connectivity index (χ0) is 11.8. The molecule has 0 radical (unpaired) electrons. The van der Waals surface area contributed by atoms with Gasteiger partial charge in [-0.3, -0.25) is 9.38 Å². The fraction of sp³-hybridized carbons (Fsp3) is 0.0769. The first kappa shape index (κ1) is 9.84. The Morgan fingerprint density at radius 3 is 2.71 bits per heavy atom. The molecular formula is C13H11N3O. The predicted octanol–water partition coefficient (Wildman–Crippen LogP) is 2.41. The van der Waals surface area contributed by atoms with E-state index in [2.05, 4.69) is 9.97 Å². The van der Waals surface area contributed by atoms with Gasteiger partial charge in [-0.15, -0.1) is 0 Å². The molecule has 0 aliphatic rings. The zero-order valence-electron chi connectivity index (χ0n) is 9.33. The highest BCUT2D eigenvalue weighted by atomic mass is 16.3. The van der Waals surface area contributed by atoms with Crippen molar-refractivity contribution in [3.8, 4) is 17.1 Å². The topological polar surface area (TPSA) is 50.4 Å². The third-order valence-corrected chi connectivity index (χ3v) is 2.73. The second kappa shape index (κ2) is 3.59. The molecule has 84 valence electrons. The van der Waals surface area contributed by atoms with Gasteiger partial charge in [-0.05, 0) is 6.92 Å². The normalized spacial score (nSPS) is 10.9. The number of imidazole rings is 1. The Hall–Kier alpha value is -2.36. The van der Waals surface area contributed by atoms with Crippen molar-refractivity contribution in [1.29, 1.82) is 0 Å². The van der Waals surface area contributed by atoms with Gasteiger partial charge in [-0.2, -0.15) is 0 Å². The van der Waals surface area contributed by atoms with E-state index < -0.39 is 0 Å². The van der Waals surface area contributed by atoms with Crippen molar-refractivity contribution < 1.29 is 5.11 Å². The maximum absolute atomic E-state index is 9.84. The summed E-state index contributed by atoms with van der Waals surface area (Å²) in [4.78, 5) is 8.68. The molecule has 0 atom stereocenters. The van der Waals surface area contributed by atoms with Gasteiger partial charge in [0.1, 0.15) is 11.4 Å². The summed E-state index contributed by atoms with van der Waals surface area (Å²) in [5.74, 6) is 0.166. The molecule has 1 aromatic carbocycles. The maximum Gasteiger partial charge on any atom is 0.219 e. The first-order valence-electron chi connectivity index (χ1n) is 5.35. The molecule has 17 heavy (non-hydrogen) atoms. The van der Waals surface area contributed by atoms with Crippen molar-refractivity contribution in [2.45, 2.75) is 6.92 Å². The Labute approximate surface area is 98.2 Å². The number of rotatable bonds is 1. The summed E-state index contributed by atoms with van der Waals surface area (Å²) in [7, 11) is 0. The van der Waals surface area contributed by atoms with Crippen LogP contribution in [0.5, 0.6) is 5.88 Å². The van der Waals surface area contributed by atoms with Crippen molar-refractivity contribution in [3.63, 3.8) is 0 Å². The van der Waals surface area contributed by atoms with E-state index in [1.165, 1.54) is 0 Å². The summed E-state index contributed by atoms with van der Waals surface area (Å²) in [6, 6.07) is 9.82. The Bertz CT molecular complexity index is 674. The van der Waals surface area contributed by atoms with Gasteiger partial charge in [0.2, 0.25) is 5.88 Å². The van der Waals surface area contributed by atoms with Crippen LogP contribution in [0.1, 0.15) is 5.69 Å². The molecule has 4 nitrogen and oxygen atoms in total. The average molecular weight is 225 g/mol. The van der Waals surface area contributed by atoms with Crippen LogP contribution < -0.4 is 0 Å². The maximum atomic E-state index is 9.84. The summed E-state index contributed by atoms with van der Waals surface area (Å²) in [6.45, 7) is 1.77. The molecule has 3 aromatic rings. The number of fused-ring (bicyclic) bond motifs is 1. The average Bonchev–Trinajstić information content (AvgIpc) is 2.67. The summed E-state index contributed by atoms with van der Waals surface area (Å²) in [5, 5.41) is 9.84. The highest BCUT2D eigenvalue weighted by Gasteiger charge is 2.12. The summed E-state index contributed by atoms with van der Waals surface area (Å²) in [5.41, 5.74) is 3.04. The monoisotopic (exact) mass is 225 g/mol. The minimum Gasteiger partial charge on any atom is -0.493 e. The number of nitrogens with zero attached hydrogens (tertiary/aromatic N) is 3. The second-order valence-corrected chi connectivity index (χ2v) is 3.86. The largest absolute Gasteiger partial charge is 0.493 e. The van der Waals surface area contributed by atoms with Gasteiger partial charge in [0.25, 0.3) is 0 Å². The number of aryl methyl sites for hydroxylation is 1. The molecular weight excluding hydrogens is 214 g/mol. The minimum atomic E-state index is 0.166. The Morgan fingerprint density at radius 1 is 1.18 bits per heavy atom. The fourth-order valence-electron chi connectivity index (χ4n) is 1.88. The van der Waals surface area contributed by atoms with Crippen LogP contribution in [0.4, 0.5) is 0 Å². The van der Waals surface area contributed by atoms with Crippen LogP contribution >= 0.6 is 0 Å². The second-order valence-electron chi connectivity index (χ2n) is 3.86. The SMILES string of the molecule is Cc1nc2c(-c3ccccc3)nccn2c1O. The number of aromatic nitrogens is 3. The van der Waals surface area contributed by atoms with E-state index in [-0.39, 0.29) is 5.88 Å². The van der Waals surface area contributed by atoms with Crippen molar-refractivity contribution in [3.05, 3.63) is 48.4 Å². The number of benzene rings is 1. The Balaban J connectivity index is 2.35. The highest BCUT2D eigenvalue weighted by molar-refractivity contribution is 5.74. The van der Waals surface area contributed by atoms with Gasteiger partial charge in [-0.25, -0.2) is 4.98 Å². The smallest absolute Gasteiger partial charge is 0.219 e. The summed E-state index contributed by atoms with van der Waals surface area (Å²) in [6.07, 6.45) is 3.37. The molecule has 0 saturated heterocycles. The fourth-order valence-corrected chi connectivity index (χ4v) is 1.88. The Kier molecular flexibility index (Phi) is 2.08. The number of hydrogen-bond donors (Lipinski definition) is 1. The summed E-state index contributed by atoms with van der Waals surface area (Å²) >= 11 is 0. The molecule has 1 N–H and O–H groups in total. The van der Waals surface area contributed by atoms with E-state index in [1.807, 2.05) is 30.3 Å². The lowest BCUT2D eigenvalue weighted by Crippen LogP contribution is -1.91. The van der Waals surface area contributed by atoms with Crippen molar-refractivity contribution in [2.75, 3.05) is 0 Å². The van der Waals surface area contributed by atoms with Gasteiger partial charge in [0.15, 0.2) is 5.65 Å². The number of aromatic hydroxyl groups is 1. The molecule has 0 amide bonds. The predicted molar refractivity (Wildman–Crippen MR) is 64.8 cm³/mol. The summed E-state index contributed by atoms with van der Waals surface area (Å²) < 4.78 is 1.64. The lowest BCUT2D eigenvalue weighted by molar-refractivity contribution is 0.444. The van der Waals surface area contributed by atoms with Gasteiger partial charge in [0.05, 0.1) is 0 Å². The lowest BCUT2D eigenvalue weighted by atomic mass is 10.1. The van der Waals surface area contributed by atoms with E-state index in [1.54, 1.807) is 23.7 Å². The van der Waals surface area contributed by atoms with Crippen molar-refractivity contribution in [1.82, 2.24) is 14.4 Å². The van der Waals surface area contributed by atoms with Crippen LogP contribution in [-0.4, -0.2) is 19.5 Å². The molecule has 0 saturated carbocycles. The molecule has 0 fully saturated rings. The van der Waals surface area contributed by atoms with Crippen LogP contribution in [0.15, 0.2) is 42.7 Å². The van der Waals surface area contributed by atoms with Crippen LogP contribution in [0.3, 0.4) is 0 Å². The quantitative estimate of drug-likeness (QED) is 0.691. The third kappa shape index (κ3) is 1.45. The van der Waals surface area contributed by atoms with E-state index in [4.69, 9.17) is 0 Å². The molecule has 2 heterocycles. The molecule has 3 rings (SSSR count). The molecule has 0 unspecified atom stereocenters. The van der Waals surface area contributed by atoms with E-state index in [0.717, 1.165) is 11.3 Å². The molecule has 0 bridgehead atoms. The molecule has 2 aromatic heterocycles. The number of hydrogen-bond acceptors (Lipinski definition) is 3. The van der Waals surface area contributed by atoms with E-state index >= 15 is 0 Å². The van der Waals surface area contributed by atoms with Crippen LogP contribution in [0.2, 0.25) is 0 Å². The minimum absolute atomic E-state index is 0.166. The third-order valence-electron chi connectivity index (χ3n) is 2.73. The zero-order valence-corrected chi connectivity index (χ0v) is 9.33. The van der Waals surface area contributed by atoms with Gasteiger partial charge in [-0.1, -0.05) is 30.3 Å². The van der Waals surface area contributed by atoms with Crippen molar-refractivity contribution in [2.24, 2.45) is 0 Å².